The van der Waals surface area contributed by atoms with Gasteiger partial charge in [0, 0.05) is 30.0 Å². The number of aliphatic hydroxyl groups is 1. The second-order valence-electron chi connectivity index (χ2n) is 4.89. The molecule has 1 N–H and O–H groups in total. The summed E-state index contributed by atoms with van der Waals surface area (Å²) >= 11 is 5.27. The lowest BCUT2D eigenvalue weighted by Gasteiger charge is -2.42. The van der Waals surface area contributed by atoms with Gasteiger partial charge < -0.3 is 10.0 Å². The van der Waals surface area contributed by atoms with E-state index in [2.05, 4.69) is 40.0 Å². The van der Waals surface area contributed by atoms with Gasteiger partial charge in [0.25, 0.3) is 0 Å². The van der Waals surface area contributed by atoms with Crippen LogP contribution in [-0.2, 0) is 6.54 Å². The molecule has 0 unspecified atom stereocenters. The van der Waals surface area contributed by atoms with Crippen molar-refractivity contribution < 1.29 is 5.11 Å². The van der Waals surface area contributed by atoms with E-state index in [0.717, 1.165) is 13.1 Å². The summed E-state index contributed by atoms with van der Waals surface area (Å²) in [6.07, 6.45) is 3.64. The molecule has 1 saturated carbocycles. The molecular weight excluding hydrogens is 286 g/mol. The standard InChI is InChI=1S/C12H18BrNOS/c1-14(7-10-3-4-11(13)16-10)8-12(9-15)5-2-6-12/h3-4,15H,2,5-9H2,1H3. The second kappa shape index (κ2) is 5.17. The zero-order valence-corrected chi connectivity index (χ0v) is 12.0. The van der Waals surface area contributed by atoms with Gasteiger partial charge in [0.1, 0.15) is 0 Å². The van der Waals surface area contributed by atoms with Crippen molar-refractivity contribution in [3.05, 3.63) is 20.8 Å². The minimum atomic E-state index is 0.198. The molecule has 2 nitrogen and oxygen atoms in total. The van der Waals surface area contributed by atoms with E-state index in [1.807, 2.05) is 0 Å². The predicted octanol–water partition coefficient (Wildman–Crippen LogP) is 3.11. The Morgan fingerprint density at radius 1 is 1.50 bits per heavy atom. The molecule has 1 aliphatic rings. The lowest BCUT2D eigenvalue weighted by atomic mass is 9.69. The molecule has 0 aliphatic heterocycles. The normalized spacial score (nSPS) is 18.8. The molecule has 4 heteroatoms. The van der Waals surface area contributed by atoms with E-state index in [-0.39, 0.29) is 5.41 Å². The molecule has 0 bridgehead atoms. The molecule has 90 valence electrons. The topological polar surface area (TPSA) is 23.5 Å². The highest BCUT2D eigenvalue weighted by Crippen LogP contribution is 2.41. The maximum Gasteiger partial charge on any atom is 0.0701 e. The largest absolute Gasteiger partial charge is 0.396 e. The summed E-state index contributed by atoms with van der Waals surface area (Å²) in [7, 11) is 2.14. The average molecular weight is 304 g/mol. The highest BCUT2D eigenvalue weighted by Gasteiger charge is 2.37. The van der Waals surface area contributed by atoms with Gasteiger partial charge >= 0.3 is 0 Å². The van der Waals surface area contributed by atoms with Crippen molar-refractivity contribution in [2.75, 3.05) is 20.2 Å². The molecule has 0 saturated heterocycles. The third kappa shape index (κ3) is 2.86. The quantitative estimate of drug-likeness (QED) is 0.903. The molecule has 16 heavy (non-hydrogen) atoms. The third-order valence-electron chi connectivity index (χ3n) is 3.41. The van der Waals surface area contributed by atoms with Gasteiger partial charge in [-0.1, -0.05) is 6.42 Å². The average Bonchev–Trinajstić information content (AvgIpc) is 2.57. The van der Waals surface area contributed by atoms with Gasteiger partial charge in [0.05, 0.1) is 3.79 Å². The first-order valence-electron chi connectivity index (χ1n) is 5.67. The molecule has 0 radical (unpaired) electrons. The van der Waals surface area contributed by atoms with Crippen LogP contribution in [0.1, 0.15) is 24.1 Å². The van der Waals surface area contributed by atoms with Gasteiger partial charge in [-0.2, -0.15) is 0 Å². The summed E-state index contributed by atoms with van der Waals surface area (Å²) in [5, 5.41) is 9.42. The fraction of sp³-hybridized carbons (Fsp3) is 0.667. The molecule has 0 aromatic carbocycles. The number of thiophene rings is 1. The molecule has 0 amide bonds. The third-order valence-corrected chi connectivity index (χ3v) is 5.02. The van der Waals surface area contributed by atoms with Crippen molar-refractivity contribution in [2.45, 2.75) is 25.8 Å². The minimum Gasteiger partial charge on any atom is -0.396 e. The monoisotopic (exact) mass is 303 g/mol. The molecule has 1 aliphatic carbocycles. The van der Waals surface area contributed by atoms with Crippen LogP contribution >= 0.6 is 27.3 Å². The molecule has 0 spiro atoms. The van der Waals surface area contributed by atoms with E-state index in [1.54, 1.807) is 11.3 Å². The Bertz CT molecular complexity index is 343. The van der Waals surface area contributed by atoms with Crippen LogP contribution in [0.2, 0.25) is 0 Å². The van der Waals surface area contributed by atoms with Crippen LogP contribution in [-0.4, -0.2) is 30.2 Å². The van der Waals surface area contributed by atoms with Crippen LogP contribution in [0.5, 0.6) is 0 Å². The summed E-state index contributed by atoms with van der Waals surface area (Å²) in [4.78, 5) is 3.70. The van der Waals surface area contributed by atoms with Crippen molar-refractivity contribution in [1.82, 2.24) is 4.90 Å². The Hall–Kier alpha value is 0.1000. The molecule has 1 aromatic rings. The van der Waals surface area contributed by atoms with Crippen LogP contribution in [0.15, 0.2) is 15.9 Å². The van der Waals surface area contributed by atoms with E-state index in [4.69, 9.17) is 0 Å². The first-order chi connectivity index (χ1) is 7.63. The summed E-state index contributed by atoms with van der Waals surface area (Å²) in [6, 6.07) is 4.26. The highest BCUT2D eigenvalue weighted by molar-refractivity contribution is 9.11. The summed E-state index contributed by atoms with van der Waals surface area (Å²) < 4.78 is 1.19. The van der Waals surface area contributed by atoms with Crippen molar-refractivity contribution in [2.24, 2.45) is 5.41 Å². The van der Waals surface area contributed by atoms with E-state index in [9.17, 15) is 5.11 Å². The first-order valence-corrected chi connectivity index (χ1v) is 7.28. The van der Waals surface area contributed by atoms with Crippen LogP contribution in [0, 0.1) is 5.41 Å². The molecule has 2 rings (SSSR count). The number of halogens is 1. The van der Waals surface area contributed by atoms with Crippen LogP contribution in [0.3, 0.4) is 0 Å². The number of rotatable bonds is 5. The van der Waals surface area contributed by atoms with Gasteiger partial charge in [-0.25, -0.2) is 0 Å². The van der Waals surface area contributed by atoms with Gasteiger partial charge in [-0.05, 0) is 48.0 Å². The van der Waals surface area contributed by atoms with Gasteiger partial charge in [0.2, 0.25) is 0 Å². The molecular formula is C12H18BrNOS. The zero-order chi connectivity index (χ0) is 11.6. The highest BCUT2D eigenvalue weighted by atomic mass is 79.9. The van der Waals surface area contributed by atoms with E-state index >= 15 is 0 Å². The van der Waals surface area contributed by atoms with Gasteiger partial charge in [0.15, 0.2) is 0 Å². The zero-order valence-electron chi connectivity index (χ0n) is 9.58. The van der Waals surface area contributed by atoms with Gasteiger partial charge in [-0.3, -0.25) is 0 Å². The number of aliphatic hydroxyl groups excluding tert-OH is 1. The second-order valence-corrected chi connectivity index (χ2v) is 7.44. The van der Waals surface area contributed by atoms with Crippen molar-refractivity contribution >= 4 is 27.3 Å². The van der Waals surface area contributed by atoms with Crippen molar-refractivity contribution in [1.29, 1.82) is 0 Å². The van der Waals surface area contributed by atoms with E-state index < -0.39 is 0 Å². The SMILES string of the molecule is CN(Cc1ccc(Br)s1)CC1(CO)CCC1. The lowest BCUT2D eigenvalue weighted by Crippen LogP contribution is -2.43. The minimum absolute atomic E-state index is 0.198. The van der Waals surface area contributed by atoms with Gasteiger partial charge in [-0.15, -0.1) is 11.3 Å². The summed E-state index contributed by atoms with van der Waals surface area (Å²) in [6.45, 7) is 2.34. The Morgan fingerprint density at radius 3 is 2.69 bits per heavy atom. The van der Waals surface area contributed by atoms with Crippen molar-refractivity contribution in [3.8, 4) is 0 Å². The van der Waals surface area contributed by atoms with E-state index in [1.165, 1.54) is 27.9 Å². The number of hydrogen-bond donors (Lipinski definition) is 1. The summed E-state index contributed by atoms with van der Waals surface area (Å²) in [5.41, 5.74) is 0.198. The molecule has 0 atom stereocenters. The molecule has 1 aromatic heterocycles. The Kier molecular flexibility index (Phi) is 4.06. The predicted molar refractivity (Wildman–Crippen MR) is 71.7 cm³/mol. The number of hydrogen-bond acceptors (Lipinski definition) is 3. The number of nitrogens with zero attached hydrogens (tertiary/aromatic N) is 1. The molecule has 1 heterocycles. The Morgan fingerprint density at radius 2 is 2.25 bits per heavy atom. The van der Waals surface area contributed by atoms with E-state index in [0.29, 0.717) is 6.61 Å². The fourth-order valence-electron chi connectivity index (χ4n) is 2.37. The maximum atomic E-state index is 9.42. The smallest absolute Gasteiger partial charge is 0.0701 e. The summed E-state index contributed by atoms with van der Waals surface area (Å²) in [5.74, 6) is 0. The van der Waals surface area contributed by atoms with Crippen LogP contribution in [0.25, 0.3) is 0 Å². The van der Waals surface area contributed by atoms with Crippen molar-refractivity contribution in [3.63, 3.8) is 0 Å². The van der Waals surface area contributed by atoms with Crippen LogP contribution in [0.4, 0.5) is 0 Å². The van der Waals surface area contributed by atoms with Crippen LogP contribution < -0.4 is 0 Å². The Balaban J connectivity index is 1.86. The maximum absolute atomic E-state index is 9.42. The Labute approximate surface area is 109 Å². The first kappa shape index (κ1) is 12.6. The fourth-order valence-corrected chi connectivity index (χ4v) is 3.94. The molecule has 1 fully saturated rings. The lowest BCUT2D eigenvalue weighted by molar-refractivity contribution is 0.0129.